The summed E-state index contributed by atoms with van der Waals surface area (Å²) in [4.78, 5) is 26.1. The largest absolute Gasteiger partial charge is 0.481 e. The van der Waals surface area contributed by atoms with E-state index in [1.807, 2.05) is 0 Å². The highest BCUT2D eigenvalue weighted by Crippen LogP contribution is 2.45. The standard InChI is InChI=1S/C9H11N3O3S/c13-6(14)9(1-2-9)5-11-7(15)12-8-10-3-4-16-8/h3-4H,1-2,5H2,(H,13,14)(H2,10,11,12,15). The summed E-state index contributed by atoms with van der Waals surface area (Å²) in [6.07, 6.45) is 2.83. The number of aromatic nitrogens is 1. The highest BCUT2D eigenvalue weighted by atomic mass is 32.1. The first-order valence-corrected chi connectivity index (χ1v) is 5.68. The lowest BCUT2D eigenvalue weighted by Crippen LogP contribution is -2.36. The molecule has 1 saturated carbocycles. The minimum Gasteiger partial charge on any atom is -0.481 e. The smallest absolute Gasteiger partial charge is 0.321 e. The highest BCUT2D eigenvalue weighted by molar-refractivity contribution is 7.13. The van der Waals surface area contributed by atoms with Crippen LogP contribution >= 0.6 is 11.3 Å². The molecule has 0 bridgehead atoms. The Morgan fingerprint density at radius 2 is 2.31 bits per heavy atom. The quantitative estimate of drug-likeness (QED) is 0.736. The number of carboxylic acid groups (broad SMARTS) is 1. The Bertz CT molecular complexity index is 400. The van der Waals surface area contributed by atoms with Gasteiger partial charge >= 0.3 is 12.0 Å². The van der Waals surface area contributed by atoms with Crippen molar-refractivity contribution in [2.24, 2.45) is 5.41 Å². The number of thiazole rings is 1. The summed E-state index contributed by atoms with van der Waals surface area (Å²) in [5, 5.41) is 16.2. The van der Waals surface area contributed by atoms with Crippen LogP contribution in [0.5, 0.6) is 0 Å². The van der Waals surface area contributed by atoms with Crippen LogP contribution in [-0.2, 0) is 4.79 Å². The van der Waals surface area contributed by atoms with E-state index in [4.69, 9.17) is 5.11 Å². The third-order valence-corrected chi connectivity index (χ3v) is 3.24. The Labute approximate surface area is 95.7 Å². The molecule has 1 aliphatic carbocycles. The van der Waals surface area contributed by atoms with Gasteiger partial charge in [-0.1, -0.05) is 0 Å². The van der Waals surface area contributed by atoms with Gasteiger partial charge in [-0.15, -0.1) is 11.3 Å². The van der Waals surface area contributed by atoms with E-state index in [0.717, 1.165) is 0 Å². The molecule has 86 valence electrons. The number of amides is 2. The average Bonchev–Trinajstić information content (AvgIpc) is 2.88. The van der Waals surface area contributed by atoms with Crippen LogP contribution in [0.25, 0.3) is 0 Å². The molecule has 1 heterocycles. The minimum atomic E-state index is -0.845. The Morgan fingerprint density at radius 1 is 1.56 bits per heavy atom. The summed E-state index contributed by atoms with van der Waals surface area (Å²) in [6, 6.07) is -0.414. The molecular formula is C9H11N3O3S. The second-order valence-electron chi connectivity index (χ2n) is 3.73. The first-order valence-electron chi connectivity index (χ1n) is 4.80. The molecule has 2 rings (SSSR count). The SMILES string of the molecule is O=C(NCC1(C(=O)O)CC1)Nc1nccs1. The fourth-order valence-electron chi connectivity index (χ4n) is 1.29. The summed E-state index contributed by atoms with van der Waals surface area (Å²) in [6.45, 7) is 0.166. The zero-order valence-corrected chi connectivity index (χ0v) is 9.21. The van der Waals surface area contributed by atoms with Crippen molar-refractivity contribution in [1.29, 1.82) is 0 Å². The van der Waals surface area contributed by atoms with Crippen molar-refractivity contribution in [2.75, 3.05) is 11.9 Å². The van der Waals surface area contributed by atoms with E-state index in [0.29, 0.717) is 18.0 Å². The normalized spacial score (nSPS) is 16.5. The number of nitrogens with zero attached hydrogens (tertiary/aromatic N) is 1. The number of aliphatic carboxylic acids is 1. The van der Waals surface area contributed by atoms with Crippen LogP contribution in [-0.4, -0.2) is 28.6 Å². The van der Waals surface area contributed by atoms with Crippen molar-refractivity contribution in [1.82, 2.24) is 10.3 Å². The molecule has 3 N–H and O–H groups in total. The molecule has 0 unspecified atom stereocenters. The van der Waals surface area contributed by atoms with Gasteiger partial charge in [0.15, 0.2) is 5.13 Å². The first kappa shape index (κ1) is 10.9. The molecule has 0 atom stereocenters. The first-order chi connectivity index (χ1) is 7.62. The van der Waals surface area contributed by atoms with Crippen LogP contribution in [0.3, 0.4) is 0 Å². The maximum atomic E-state index is 11.4. The van der Waals surface area contributed by atoms with E-state index >= 15 is 0 Å². The van der Waals surface area contributed by atoms with E-state index in [1.54, 1.807) is 11.6 Å². The molecule has 1 aromatic heterocycles. The van der Waals surface area contributed by atoms with Gasteiger partial charge in [0.1, 0.15) is 0 Å². The molecule has 0 spiro atoms. The van der Waals surface area contributed by atoms with Crippen molar-refractivity contribution < 1.29 is 14.7 Å². The predicted molar refractivity (Wildman–Crippen MR) is 58.4 cm³/mol. The Balaban J connectivity index is 1.78. The van der Waals surface area contributed by atoms with Gasteiger partial charge in [-0.2, -0.15) is 0 Å². The third kappa shape index (κ3) is 2.30. The van der Waals surface area contributed by atoms with Gasteiger partial charge in [0.2, 0.25) is 0 Å². The van der Waals surface area contributed by atoms with Crippen molar-refractivity contribution in [2.45, 2.75) is 12.8 Å². The van der Waals surface area contributed by atoms with Gasteiger partial charge in [-0.05, 0) is 12.8 Å². The molecule has 1 aromatic rings. The van der Waals surface area contributed by atoms with Crippen LogP contribution in [0.15, 0.2) is 11.6 Å². The van der Waals surface area contributed by atoms with E-state index in [9.17, 15) is 9.59 Å². The van der Waals surface area contributed by atoms with Crippen molar-refractivity contribution in [3.8, 4) is 0 Å². The van der Waals surface area contributed by atoms with Gasteiger partial charge in [0, 0.05) is 18.1 Å². The van der Waals surface area contributed by atoms with E-state index < -0.39 is 17.4 Å². The molecule has 0 saturated heterocycles. The topological polar surface area (TPSA) is 91.3 Å². The van der Waals surface area contributed by atoms with Crippen LogP contribution in [0.2, 0.25) is 0 Å². The molecule has 6 nitrogen and oxygen atoms in total. The zero-order chi connectivity index (χ0) is 11.6. The number of urea groups is 1. The maximum absolute atomic E-state index is 11.4. The fraction of sp³-hybridized carbons (Fsp3) is 0.444. The molecule has 16 heavy (non-hydrogen) atoms. The summed E-state index contributed by atoms with van der Waals surface area (Å²) < 4.78 is 0. The molecule has 1 fully saturated rings. The lowest BCUT2D eigenvalue weighted by atomic mass is 10.1. The molecule has 0 aliphatic heterocycles. The van der Waals surface area contributed by atoms with Gasteiger partial charge in [0.25, 0.3) is 0 Å². The van der Waals surface area contributed by atoms with Crippen molar-refractivity contribution in [3.63, 3.8) is 0 Å². The molecule has 7 heteroatoms. The number of hydrogen-bond donors (Lipinski definition) is 3. The number of anilines is 1. The number of carbonyl (C=O) groups excluding carboxylic acids is 1. The lowest BCUT2D eigenvalue weighted by molar-refractivity contribution is -0.143. The fourth-order valence-corrected chi connectivity index (χ4v) is 1.82. The van der Waals surface area contributed by atoms with Crippen LogP contribution in [0.1, 0.15) is 12.8 Å². The number of hydrogen-bond acceptors (Lipinski definition) is 4. The second kappa shape index (κ2) is 4.09. The highest BCUT2D eigenvalue weighted by Gasteiger charge is 2.50. The van der Waals surface area contributed by atoms with Crippen molar-refractivity contribution in [3.05, 3.63) is 11.6 Å². The molecule has 0 radical (unpaired) electrons. The number of rotatable bonds is 4. The summed E-state index contributed by atoms with van der Waals surface area (Å²) in [5.41, 5.74) is -0.736. The number of nitrogens with one attached hydrogen (secondary N) is 2. The summed E-state index contributed by atoms with van der Waals surface area (Å²) in [7, 11) is 0. The number of carbonyl (C=O) groups is 2. The third-order valence-electron chi connectivity index (χ3n) is 2.55. The molecular weight excluding hydrogens is 230 g/mol. The maximum Gasteiger partial charge on any atom is 0.321 e. The van der Waals surface area contributed by atoms with E-state index in [1.165, 1.54) is 11.3 Å². The lowest BCUT2D eigenvalue weighted by Gasteiger charge is -2.10. The van der Waals surface area contributed by atoms with E-state index in [2.05, 4.69) is 15.6 Å². The van der Waals surface area contributed by atoms with Crippen LogP contribution in [0, 0.1) is 5.41 Å². The predicted octanol–water partition coefficient (Wildman–Crippen LogP) is 1.13. The number of carboxylic acids is 1. The molecule has 2 amide bonds. The summed E-state index contributed by atoms with van der Waals surface area (Å²) >= 11 is 1.31. The Morgan fingerprint density at radius 3 is 2.81 bits per heavy atom. The van der Waals surface area contributed by atoms with Crippen LogP contribution in [0.4, 0.5) is 9.93 Å². The van der Waals surface area contributed by atoms with Gasteiger partial charge < -0.3 is 10.4 Å². The van der Waals surface area contributed by atoms with Crippen LogP contribution < -0.4 is 10.6 Å². The summed E-state index contributed by atoms with van der Waals surface area (Å²) in [5.74, 6) is -0.845. The minimum absolute atomic E-state index is 0.166. The van der Waals surface area contributed by atoms with Gasteiger partial charge in [-0.25, -0.2) is 9.78 Å². The zero-order valence-electron chi connectivity index (χ0n) is 8.40. The molecule has 1 aliphatic rings. The Kier molecular flexibility index (Phi) is 2.78. The molecule has 0 aromatic carbocycles. The Hall–Kier alpha value is -1.63. The van der Waals surface area contributed by atoms with Crippen molar-refractivity contribution >= 4 is 28.5 Å². The van der Waals surface area contributed by atoms with E-state index in [-0.39, 0.29) is 6.54 Å². The monoisotopic (exact) mass is 241 g/mol. The van der Waals surface area contributed by atoms with Gasteiger partial charge in [0.05, 0.1) is 5.41 Å². The second-order valence-corrected chi connectivity index (χ2v) is 4.62. The van der Waals surface area contributed by atoms with Gasteiger partial charge in [-0.3, -0.25) is 10.1 Å². The average molecular weight is 241 g/mol.